The number of carbonyl (C=O) groups excluding carboxylic acids is 1. The first-order valence-electron chi connectivity index (χ1n) is 10.3. The first kappa shape index (κ1) is 23.1. The van der Waals surface area contributed by atoms with Crippen LogP contribution in [0.4, 0.5) is 9.52 Å². The van der Waals surface area contributed by atoms with Crippen LogP contribution in [0.2, 0.25) is 5.02 Å². The molecule has 1 aliphatic heterocycles. The van der Waals surface area contributed by atoms with Crippen molar-refractivity contribution in [2.24, 2.45) is 0 Å². The smallest absolute Gasteiger partial charge is 0.228 e. The highest BCUT2D eigenvalue weighted by molar-refractivity contribution is 7.91. The van der Waals surface area contributed by atoms with Crippen molar-refractivity contribution >= 4 is 54.0 Å². The van der Waals surface area contributed by atoms with Crippen LogP contribution in [0, 0.1) is 5.82 Å². The van der Waals surface area contributed by atoms with E-state index in [-0.39, 0.29) is 35.5 Å². The molecule has 2 heterocycles. The van der Waals surface area contributed by atoms with Crippen molar-refractivity contribution in [3.8, 4) is 0 Å². The Bertz CT molecular complexity index is 1210. The maximum Gasteiger partial charge on any atom is 0.228 e. The molecule has 1 aliphatic rings. The van der Waals surface area contributed by atoms with Crippen molar-refractivity contribution in [2.45, 2.75) is 36.7 Å². The Hall–Kier alpha value is -2.07. The second-order valence-electron chi connectivity index (χ2n) is 7.62. The van der Waals surface area contributed by atoms with E-state index in [1.807, 2.05) is 12.1 Å². The van der Waals surface area contributed by atoms with E-state index in [1.54, 1.807) is 11.0 Å². The average molecular weight is 497 g/mol. The van der Waals surface area contributed by atoms with E-state index in [0.29, 0.717) is 23.3 Å². The zero-order valence-corrected chi connectivity index (χ0v) is 19.6. The van der Waals surface area contributed by atoms with E-state index in [9.17, 15) is 17.6 Å². The van der Waals surface area contributed by atoms with Crippen LogP contribution >= 0.6 is 22.9 Å². The average Bonchev–Trinajstić information content (AvgIpc) is 3.41. The largest absolute Gasteiger partial charge is 0.376 e. The van der Waals surface area contributed by atoms with Crippen molar-refractivity contribution in [1.82, 2.24) is 4.98 Å². The summed E-state index contributed by atoms with van der Waals surface area (Å²) < 4.78 is 44.7. The molecule has 1 fully saturated rings. The highest BCUT2D eigenvalue weighted by Gasteiger charge is 2.26. The summed E-state index contributed by atoms with van der Waals surface area (Å²) in [6, 6.07) is 10.1. The lowest BCUT2D eigenvalue weighted by Crippen LogP contribution is -2.37. The number of sulfone groups is 1. The van der Waals surface area contributed by atoms with Gasteiger partial charge in [0.1, 0.15) is 5.82 Å². The summed E-state index contributed by atoms with van der Waals surface area (Å²) in [5, 5.41) is 1.14. The third-order valence-corrected chi connectivity index (χ3v) is 8.35. The molecule has 4 rings (SSSR count). The second-order valence-corrected chi connectivity index (χ2v) is 11.2. The topological polar surface area (TPSA) is 76.6 Å². The highest BCUT2D eigenvalue weighted by atomic mass is 35.5. The van der Waals surface area contributed by atoms with Gasteiger partial charge in [-0.2, -0.15) is 0 Å². The van der Waals surface area contributed by atoms with E-state index in [0.717, 1.165) is 35.2 Å². The standard InChI is InChI=1S/C22H22ClFN2O4S2/c23-15-5-10-19-20(13-15)31-22(25-19)26(14-17-3-1-11-30-17)21(27)4-2-12-32(28,29)18-8-6-16(24)7-9-18/h5-10,13,17H,1-4,11-12,14H2. The van der Waals surface area contributed by atoms with Gasteiger partial charge >= 0.3 is 0 Å². The number of benzene rings is 2. The normalized spacial score (nSPS) is 16.5. The van der Waals surface area contributed by atoms with Crippen LogP contribution in [0.15, 0.2) is 47.4 Å². The molecule has 1 saturated heterocycles. The fraction of sp³-hybridized carbons (Fsp3) is 0.364. The second kappa shape index (κ2) is 9.82. The molecular formula is C22H22ClFN2O4S2. The number of carbonyl (C=O) groups is 1. The van der Waals surface area contributed by atoms with Gasteiger partial charge in [0, 0.05) is 18.1 Å². The Balaban J connectivity index is 1.47. The molecular weight excluding hydrogens is 475 g/mol. The van der Waals surface area contributed by atoms with Crippen molar-refractivity contribution < 1.29 is 22.3 Å². The molecule has 3 aromatic rings. The van der Waals surface area contributed by atoms with Gasteiger partial charge in [0.2, 0.25) is 5.91 Å². The van der Waals surface area contributed by atoms with E-state index >= 15 is 0 Å². The lowest BCUT2D eigenvalue weighted by molar-refractivity contribution is -0.119. The third-order valence-electron chi connectivity index (χ3n) is 5.26. The van der Waals surface area contributed by atoms with Gasteiger partial charge in [-0.25, -0.2) is 17.8 Å². The third kappa shape index (κ3) is 5.46. The molecule has 1 unspecified atom stereocenters. The predicted molar refractivity (Wildman–Crippen MR) is 124 cm³/mol. The number of aromatic nitrogens is 1. The van der Waals surface area contributed by atoms with Crippen molar-refractivity contribution in [3.05, 3.63) is 53.3 Å². The van der Waals surface area contributed by atoms with Crippen LogP contribution in [-0.2, 0) is 19.4 Å². The number of amides is 1. The molecule has 0 saturated carbocycles. The number of fused-ring (bicyclic) bond motifs is 1. The van der Waals surface area contributed by atoms with Crippen LogP contribution in [-0.4, -0.2) is 44.3 Å². The van der Waals surface area contributed by atoms with Crippen LogP contribution in [0.25, 0.3) is 10.2 Å². The van der Waals surface area contributed by atoms with Crippen LogP contribution in [0.3, 0.4) is 0 Å². The number of thiazole rings is 1. The maximum atomic E-state index is 13.1. The first-order valence-corrected chi connectivity index (χ1v) is 13.1. The molecule has 1 aromatic heterocycles. The monoisotopic (exact) mass is 496 g/mol. The Morgan fingerprint density at radius 2 is 2.03 bits per heavy atom. The quantitative estimate of drug-likeness (QED) is 0.416. The summed E-state index contributed by atoms with van der Waals surface area (Å²) in [5.41, 5.74) is 0.749. The molecule has 0 bridgehead atoms. The fourth-order valence-corrected chi connectivity index (χ4v) is 6.17. The number of anilines is 1. The maximum absolute atomic E-state index is 13.1. The Morgan fingerprint density at radius 1 is 1.25 bits per heavy atom. The lowest BCUT2D eigenvalue weighted by atomic mass is 10.2. The van der Waals surface area contributed by atoms with Gasteiger partial charge < -0.3 is 4.74 Å². The molecule has 2 aromatic carbocycles. The molecule has 10 heteroatoms. The molecule has 170 valence electrons. The summed E-state index contributed by atoms with van der Waals surface area (Å²) in [7, 11) is -3.60. The minimum absolute atomic E-state index is 0.0455. The number of ether oxygens (including phenoxy) is 1. The summed E-state index contributed by atoms with van der Waals surface area (Å²) in [5.74, 6) is -0.908. The molecule has 32 heavy (non-hydrogen) atoms. The summed E-state index contributed by atoms with van der Waals surface area (Å²) in [4.78, 5) is 19.3. The predicted octanol–water partition coefficient (Wildman–Crippen LogP) is 4.85. The van der Waals surface area contributed by atoms with Gasteiger partial charge in [-0.15, -0.1) is 0 Å². The lowest BCUT2D eigenvalue weighted by Gasteiger charge is -2.23. The van der Waals surface area contributed by atoms with E-state index < -0.39 is 15.7 Å². The number of halogens is 2. The van der Waals surface area contributed by atoms with Crippen molar-refractivity contribution in [2.75, 3.05) is 23.8 Å². The van der Waals surface area contributed by atoms with Crippen LogP contribution in [0.1, 0.15) is 25.7 Å². The molecule has 0 aliphatic carbocycles. The molecule has 0 radical (unpaired) electrons. The zero-order valence-electron chi connectivity index (χ0n) is 17.2. The number of rotatable bonds is 8. The van der Waals surface area contributed by atoms with Gasteiger partial charge in [-0.05, 0) is 61.7 Å². The first-order chi connectivity index (χ1) is 15.3. The SMILES string of the molecule is O=C(CCCS(=O)(=O)c1ccc(F)cc1)N(CC1CCCO1)c1nc2ccc(Cl)cc2s1. The van der Waals surface area contributed by atoms with Gasteiger partial charge in [0.25, 0.3) is 0 Å². The van der Waals surface area contributed by atoms with Crippen molar-refractivity contribution in [1.29, 1.82) is 0 Å². The Morgan fingerprint density at radius 3 is 2.75 bits per heavy atom. The van der Waals surface area contributed by atoms with Crippen LogP contribution < -0.4 is 4.90 Å². The number of hydrogen-bond acceptors (Lipinski definition) is 6. The van der Waals surface area contributed by atoms with Gasteiger partial charge in [-0.1, -0.05) is 22.9 Å². The Labute approximate surface area is 194 Å². The van der Waals surface area contributed by atoms with E-state index in [1.165, 1.54) is 23.5 Å². The Kier molecular flexibility index (Phi) is 7.09. The zero-order chi connectivity index (χ0) is 22.7. The van der Waals surface area contributed by atoms with Crippen molar-refractivity contribution in [3.63, 3.8) is 0 Å². The van der Waals surface area contributed by atoms with Gasteiger partial charge in [0.15, 0.2) is 15.0 Å². The number of nitrogens with zero attached hydrogens (tertiary/aromatic N) is 2. The number of hydrogen-bond donors (Lipinski definition) is 0. The minimum Gasteiger partial charge on any atom is -0.376 e. The molecule has 6 nitrogen and oxygen atoms in total. The van der Waals surface area contributed by atoms with Crippen LogP contribution in [0.5, 0.6) is 0 Å². The van der Waals surface area contributed by atoms with Gasteiger partial charge in [0.05, 0.1) is 33.5 Å². The summed E-state index contributed by atoms with van der Waals surface area (Å²) in [6.07, 6.45) is 1.93. The molecule has 0 spiro atoms. The van der Waals surface area contributed by atoms with E-state index in [2.05, 4.69) is 4.98 Å². The minimum atomic E-state index is -3.60. The van der Waals surface area contributed by atoms with E-state index in [4.69, 9.17) is 16.3 Å². The molecule has 1 atom stereocenters. The summed E-state index contributed by atoms with van der Waals surface area (Å²) in [6.45, 7) is 1.04. The molecule has 0 N–H and O–H groups in total. The fourth-order valence-electron chi connectivity index (χ4n) is 3.59. The highest BCUT2D eigenvalue weighted by Crippen LogP contribution is 2.32. The summed E-state index contributed by atoms with van der Waals surface area (Å²) >= 11 is 7.45. The van der Waals surface area contributed by atoms with Gasteiger partial charge in [-0.3, -0.25) is 9.69 Å². The molecule has 1 amide bonds.